The van der Waals surface area contributed by atoms with Gasteiger partial charge in [-0.1, -0.05) is 47.5 Å². The summed E-state index contributed by atoms with van der Waals surface area (Å²) in [4.78, 5) is 0. The zero-order valence-electron chi connectivity index (χ0n) is 15.0. The molecule has 0 atom stereocenters. The Morgan fingerprint density at radius 1 is 1.08 bits per heavy atom. The Labute approximate surface area is 164 Å². The van der Waals surface area contributed by atoms with Crippen LogP contribution in [-0.4, -0.2) is 24.3 Å². The van der Waals surface area contributed by atoms with Crippen molar-refractivity contribution in [3.8, 4) is 0 Å². The molecule has 2 aromatic carbocycles. The Kier molecular flexibility index (Phi) is 6.98. The van der Waals surface area contributed by atoms with Gasteiger partial charge >= 0.3 is 0 Å². The van der Waals surface area contributed by atoms with Crippen LogP contribution in [-0.2, 0) is 17.8 Å². The first-order valence-electron chi connectivity index (χ1n) is 8.98. The van der Waals surface area contributed by atoms with Crippen LogP contribution < -0.4 is 5.32 Å². The molecule has 0 amide bonds. The Balaban J connectivity index is 1.73. The lowest BCUT2D eigenvalue weighted by Crippen LogP contribution is -2.16. The van der Waals surface area contributed by atoms with Crippen LogP contribution in [0.5, 0.6) is 0 Å². The molecule has 0 unspecified atom stereocenters. The summed E-state index contributed by atoms with van der Waals surface area (Å²) in [6, 6.07) is 14.3. The van der Waals surface area contributed by atoms with Gasteiger partial charge in [-0.2, -0.15) is 0 Å². The molecule has 1 N–H and O–H groups in total. The number of para-hydroxylation sites is 1. The lowest BCUT2D eigenvalue weighted by atomic mass is 10.2. The average Bonchev–Trinajstić information content (AvgIpc) is 2.99. The molecule has 0 bridgehead atoms. The molecule has 0 spiro atoms. The maximum absolute atomic E-state index is 6.16. The fourth-order valence-electron chi connectivity index (χ4n) is 3.10. The molecule has 0 aliphatic heterocycles. The lowest BCUT2D eigenvalue weighted by molar-refractivity contribution is 0.144. The molecule has 0 aliphatic carbocycles. The summed E-state index contributed by atoms with van der Waals surface area (Å²) in [6.45, 7) is 6.18. The van der Waals surface area contributed by atoms with Gasteiger partial charge in [0.25, 0.3) is 0 Å². The predicted octanol–water partition coefficient (Wildman–Crippen LogP) is 5.51. The maximum Gasteiger partial charge on any atom is 0.0595 e. The van der Waals surface area contributed by atoms with Gasteiger partial charge in [-0.05, 0) is 49.2 Å². The fraction of sp³-hybridized carbons (Fsp3) is 0.333. The molecule has 3 aromatic rings. The topological polar surface area (TPSA) is 26.2 Å². The van der Waals surface area contributed by atoms with E-state index in [1.165, 1.54) is 16.5 Å². The second-order valence-corrected chi connectivity index (χ2v) is 7.09. The molecule has 1 aromatic heterocycles. The number of halogens is 2. The van der Waals surface area contributed by atoms with Crippen LogP contribution >= 0.6 is 23.2 Å². The van der Waals surface area contributed by atoms with Gasteiger partial charge in [-0.3, -0.25) is 0 Å². The maximum atomic E-state index is 6.16. The van der Waals surface area contributed by atoms with Crippen LogP contribution in [0, 0.1) is 0 Å². The number of nitrogens with one attached hydrogen (secondary N) is 1. The van der Waals surface area contributed by atoms with E-state index in [0.717, 1.165) is 44.8 Å². The molecule has 5 heteroatoms. The number of rotatable bonds is 9. The van der Waals surface area contributed by atoms with Crippen molar-refractivity contribution in [3.63, 3.8) is 0 Å². The van der Waals surface area contributed by atoms with Crippen molar-refractivity contribution in [2.24, 2.45) is 0 Å². The monoisotopic (exact) mass is 390 g/mol. The standard InChI is InChI=1S/C21H24Cl2N2O/c1-2-26-11-5-10-24-13-17-15-25(21-7-4-3-6-18(17)21)14-16-8-9-19(22)20(23)12-16/h3-4,6-9,12,15,24H,2,5,10-11,13-14H2,1H3. The third-order valence-corrected chi connectivity index (χ3v) is 5.11. The van der Waals surface area contributed by atoms with Gasteiger partial charge in [-0.25, -0.2) is 0 Å². The molecule has 3 rings (SSSR count). The third kappa shape index (κ3) is 4.80. The van der Waals surface area contributed by atoms with E-state index in [9.17, 15) is 0 Å². The van der Waals surface area contributed by atoms with Gasteiger partial charge in [0, 0.05) is 43.4 Å². The predicted molar refractivity (Wildman–Crippen MR) is 110 cm³/mol. The third-order valence-electron chi connectivity index (χ3n) is 4.37. The summed E-state index contributed by atoms with van der Waals surface area (Å²) in [5.74, 6) is 0. The first-order chi connectivity index (χ1) is 12.7. The minimum absolute atomic E-state index is 0.588. The minimum atomic E-state index is 0.588. The van der Waals surface area contributed by atoms with Crippen molar-refractivity contribution in [3.05, 3.63) is 69.8 Å². The highest BCUT2D eigenvalue weighted by Crippen LogP contribution is 2.26. The van der Waals surface area contributed by atoms with E-state index in [-0.39, 0.29) is 0 Å². The van der Waals surface area contributed by atoms with Gasteiger partial charge in [0.15, 0.2) is 0 Å². The largest absolute Gasteiger partial charge is 0.382 e. The van der Waals surface area contributed by atoms with E-state index in [1.54, 1.807) is 0 Å². The Bertz CT molecular complexity index is 860. The molecule has 138 valence electrons. The van der Waals surface area contributed by atoms with Crippen molar-refractivity contribution in [1.82, 2.24) is 9.88 Å². The summed E-state index contributed by atoms with van der Waals surface area (Å²) in [5, 5.41) is 5.98. The highest BCUT2D eigenvalue weighted by atomic mass is 35.5. The molecule has 0 radical (unpaired) electrons. The quantitative estimate of drug-likeness (QED) is 0.487. The second-order valence-electron chi connectivity index (χ2n) is 6.28. The van der Waals surface area contributed by atoms with E-state index < -0.39 is 0 Å². The minimum Gasteiger partial charge on any atom is -0.382 e. The first-order valence-corrected chi connectivity index (χ1v) is 9.73. The number of fused-ring (bicyclic) bond motifs is 1. The van der Waals surface area contributed by atoms with Crippen molar-refractivity contribution in [2.45, 2.75) is 26.4 Å². The number of nitrogens with zero attached hydrogens (tertiary/aromatic N) is 1. The van der Waals surface area contributed by atoms with Crippen molar-refractivity contribution >= 4 is 34.1 Å². The van der Waals surface area contributed by atoms with E-state index in [0.29, 0.717) is 10.0 Å². The molecule has 26 heavy (non-hydrogen) atoms. The number of ether oxygens (including phenoxy) is 1. The smallest absolute Gasteiger partial charge is 0.0595 e. The van der Waals surface area contributed by atoms with E-state index in [4.69, 9.17) is 27.9 Å². The summed E-state index contributed by atoms with van der Waals surface area (Å²) in [7, 11) is 0. The number of benzene rings is 2. The van der Waals surface area contributed by atoms with Crippen molar-refractivity contribution < 1.29 is 4.74 Å². The Morgan fingerprint density at radius 3 is 2.73 bits per heavy atom. The molecular formula is C21H24Cl2N2O. The zero-order valence-corrected chi connectivity index (χ0v) is 16.5. The molecule has 1 heterocycles. The molecule has 0 saturated carbocycles. The molecule has 0 aliphatic rings. The van der Waals surface area contributed by atoms with Gasteiger partial charge in [0.1, 0.15) is 0 Å². The summed E-state index contributed by atoms with van der Waals surface area (Å²) >= 11 is 12.2. The molecule has 3 nitrogen and oxygen atoms in total. The first kappa shape index (κ1) is 19.2. The zero-order chi connectivity index (χ0) is 18.4. The van der Waals surface area contributed by atoms with Crippen LogP contribution in [0.4, 0.5) is 0 Å². The van der Waals surface area contributed by atoms with Crippen LogP contribution in [0.3, 0.4) is 0 Å². The van der Waals surface area contributed by atoms with Crippen molar-refractivity contribution in [1.29, 1.82) is 0 Å². The normalized spacial score (nSPS) is 11.3. The van der Waals surface area contributed by atoms with E-state index in [1.807, 2.05) is 25.1 Å². The van der Waals surface area contributed by atoms with Crippen LogP contribution in [0.25, 0.3) is 10.9 Å². The Hall–Kier alpha value is -1.52. The van der Waals surface area contributed by atoms with Gasteiger partial charge in [0.2, 0.25) is 0 Å². The summed E-state index contributed by atoms with van der Waals surface area (Å²) in [5.41, 5.74) is 3.66. The molecule has 0 saturated heterocycles. The van der Waals surface area contributed by atoms with E-state index >= 15 is 0 Å². The number of hydrogen-bond donors (Lipinski definition) is 1. The highest BCUT2D eigenvalue weighted by Gasteiger charge is 2.09. The van der Waals surface area contributed by atoms with Gasteiger partial charge in [-0.15, -0.1) is 0 Å². The average molecular weight is 391 g/mol. The number of aromatic nitrogens is 1. The van der Waals surface area contributed by atoms with Gasteiger partial charge < -0.3 is 14.6 Å². The summed E-state index contributed by atoms with van der Waals surface area (Å²) < 4.78 is 7.65. The molecular weight excluding hydrogens is 367 g/mol. The lowest BCUT2D eigenvalue weighted by Gasteiger charge is -2.07. The van der Waals surface area contributed by atoms with Crippen molar-refractivity contribution in [2.75, 3.05) is 19.8 Å². The highest BCUT2D eigenvalue weighted by molar-refractivity contribution is 6.42. The van der Waals surface area contributed by atoms with Gasteiger partial charge in [0.05, 0.1) is 10.0 Å². The Morgan fingerprint density at radius 2 is 1.92 bits per heavy atom. The van der Waals surface area contributed by atoms with E-state index in [2.05, 4.69) is 40.3 Å². The summed E-state index contributed by atoms with van der Waals surface area (Å²) in [6.07, 6.45) is 3.25. The number of hydrogen-bond acceptors (Lipinski definition) is 2. The van der Waals surface area contributed by atoms with Crippen LogP contribution in [0.2, 0.25) is 10.0 Å². The fourth-order valence-corrected chi connectivity index (χ4v) is 3.42. The van der Waals surface area contributed by atoms with Crippen LogP contribution in [0.1, 0.15) is 24.5 Å². The SMILES string of the molecule is CCOCCCNCc1cn(Cc2ccc(Cl)c(Cl)c2)c2ccccc12. The van der Waals surface area contributed by atoms with Crippen LogP contribution in [0.15, 0.2) is 48.7 Å². The second kappa shape index (κ2) is 9.43. The molecule has 0 fully saturated rings.